The van der Waals surface area contributed by atoms with Crippen molar-refractivity contribution in [3.63, 3.8) is 0 Å². The van der Waals surface area contributed by atoms with Crippen LogP contribution in [0.1, 0.15) is 48.9 Å². The Kier molecular flexibility index (Phi) is 7.66. The molecule has 1 aromatic heterocycles. The van der Waals surface area contributed by atoms with Crippen molar-refractivity contribution in [2.24, 2.45) is 0 Å². The van der Waals surface area contributed by atoms with Crippen LogP contribution >= 0.6 is 0 Å². The lowest BCUT2D eigenvalue weighted by Gasteiger charge is -2.17. The van der Waals surface area contributed by atoms with Crippen LogP contribution in [0, 0.1) is 0 Å². The Morgan fingerprint density at radius 2 is 1.88 bits per heavy atom. The largest absolute Gasteiger partial charge is 0.504 e. The summed E-state index contributed by atoms with van der Waals surface area (Å²) in [6.07, 6.45) is 8.00. The summed E-state index contributed by atoms with van der Waals surface area (Å²) in [7, 11) is 1.50. The van der Waals surface area contributed by atoms with E-state index in [2.05, 4.69) is 34.9 Å². The van der Waals surface area contributed by atoms with E-state index in [0.717, 1.165) is 43.3 Å². The third kappa shape index (κ3) is 5.75. The summed E-state index contributed by atoms with van der Waals surface area (Å²) < 4.78 is 5.10. The minimum absolute atomic E-state index is 0.0267. The number of carbonyl (C=O) groups excluding carboxylic acids is 1. The normalized spacial score (nSPS) is 13.2. The minimum atomic E-state index is -0.0267. The summed E-state index contributed by atoms with van der Waals surface area (Å²) >= 11 is 0. The molecule has 0 aliphatic heterocycles. The van der Waals surface area contributed by atoms with E-state index in [0.29, 0.717) is 12.3 Å². The summed E-state index contributed by atoms with van der Waals surface area (Å²) in [5.41, 5.74) is 5.78. The van der Waals surface area contributed by atoms with Crippen molar-refractivity contribution < 1.29 is 14.6 Å². The number of amides is 1. The Bertz CT molecular complexity index is 1110. The monoisotopic (exact) mass is 447 g/mol. The second kappa shape index (κ2) is 11.0. The quantitative estimate of drug-likeness (QED) is 0.325. The van der Waals surface area contributed by atoms with E-state index in [1.54, 1.807) is 18.2 Å². The predicted octanol–water partition coefficient (Wildman–Crippen LogP) is 4.77. The molecule has 0 fully saturated rings. The summed E-state index contributed by atoms with van der Waals surface area (Å²) in [5, 5.41) is 17.6. The van der Waals surface area contributed by atoms with Crippen LogP contribution < -0.4 is 15.4 Å². The number of anilines is 1. The first kappa shape index (κ1) is 22.9. The number of hydrogen-bond acceptors (Lipinski definition) is 5. The Balaban J connectivity index is 1.27. The first-order valence-corrected chi connectivity index (χ1v) is 11.9. The van der Waals surface area contributed by atoms with Gasteiger partial charge in [0, 0.05) is 29.9 Å². The number of phenolic OH excluding ortho intramolecular Hbond substituents is 1. The molecule has 0 unspecified atom stereocenters. The molecule has 1 aliphatic carbocycles. The van der Waals surface area contributed by atoms with Gasteiger partial charge >= 0.3 is 0 Å². The summed E-state index contributed by atoms with van der Waals surface area (Å²) in [6.45, 7) is 1.51. The standard InChI is InChI=1S/C27H33N3O3/c1-33-25-17-19(13-14-24(25)31)18-26(32)28-15-7-8-16-29-27-20-9-3-2-4-11-22(20)30-23-12-6-5-10-21(23)27/h5-6,10,12-14,17,31H,2-4,7-9,11,15-16,18H2,1H3,(H,28,32)(H,29,30). The van der Waals surface area contributed by atoms with Crippen LogP contribution in [-0.4, -0.2) is 36.2 Å². The van der Waals surface area contributed by atoms with E-state index in [1.165, 1.54) is 48.7 Å². The number of aromatic nitrogens is 1. The minimum Gasteiger partial charge on any atom is -0.504 e. The van der Waals surface area contributed by atoms with E-state index in [1.807, 2.05) is 0 Å². The van der Waals surface area contributed by atoms with Crippen molar-refractivity contribution in [2.75, 3.05) is 25.5 Å². The molecule has 6 heteroatoms. The zero-order chi connectivity index (χ0) is 23.0. The third-order valence-electron chi connectivity index (χ3n) is 6.26. The predicted molar refractivity (Wildman–Crippen MR) is 132 cm³/mol. The number of aromatic hydroxyl groups is 1. The molecule has 6 nitrogen and oxygen atoms in total. The number of hydrogen-bond donors (Lipinski definition) is 3. The average molecular weight is 448 g/mol. The number of phenols is 1. The number of ether oxygens (including phenoxy) is 1. The lowest BCUT2D eigenvalue weighted by molar-refractivity contribution is -0.120. The van der Waals surface area contributed by atoms with Crippen molar-refractivity contribution >= 4 is 22.5 Å². The second-order valence-corrected chi connectivity index (χ2v) is 8.66. The number of aryl methyl sites for hydroxylation is 1. The molecule has 2 aromatic carbocycles. The molecule has 174 valence electrons. The van der Waals surface area contributed by atoms with Gasteiger partial charge in [0.15, 0.2) is 11.5 Å². The number of fused-ring (bicyclic) bond motifs is 2. The number of nitrogens with one attached hydrogen (secondary N) is 2. The number of carbonyl (C=O) groups is 1. The van der Waals surface area contributed by atoms with Crippen molar-refractivity contribution in [3.8, 4) is 11.5 Å². The number of pyridine rings is 1. The number of para-hydroxylation sites is 1. The van der Waals surface area contributed by atoms with Crippen LogP contribution in [-0.2, 0) is 24.1 Å². The number of unbranched alkanes of at least 4 members (excludes halogenated alkanes) is 1. The summed E-state index contributed by atoms with van der Waals surface area (Å²) in [4.78, 5) is 17.2. The lowest BCUT2D eigenvalue weighted by Crippen LogP contribution is -2.26. The molecule has 0 spiro atoms. The first-order valence-electron chi connectivity index (χ1n) is 11.9. The fourth-order valence-corrected chi connectivity index (χ4v) is 4.52. The van der Waals surface area contributed by atoms with Gasteiger partial charge < -0.3 is 20.5 Å². The highest BCUT2D eigenvalue weighted by Crippen LogP contribution is 2.32. The number of nitrogens with zero attached hydrogens (tertiary/aromatic N) is 1. The highest BCUT2D eigenvalue weighted by molar-refractivity contribution is 5.93. The molecule has 0 radical (unpaired) electrons. The SMILES string of the molecule is COc1cc(CC(=O)NCCCCNc2c3c(nc4ccccc24)CCCCC3)ccc1O. The first-order chi connectivity index (χ1) is 16.2. The van der Waals surface area contributed by atoms with Crippen molar-refractivity contribution in [3.05, 3.63) is 59.3 Å². The van der Waals surface area contributed by atoms with Gasteiger partial charge in [-0.2, -0.15) is 0 Å². The van der Waals surface area contributed by atoms with Crippen LogP contribution in [0.25, 0.3) is 10.9 Å². The van der Waals surface area contributed by atoms with Crippen LogP contribution in [0.3, 0.4) is 0 Å². The molecule has 33 heavy (non-hydrogen) atoms. The van der Waals surface area contributed by atoms with Gasteiger partial charge in [-0.3, -0.25) is 9.78 Å². The molecule has 0 saturated carbocycles. The molecule has 0 atom stereocenters. The maximum Gasteiger partial charge on any atom is 0.224 e. The van der Waals surface area contributed by atoms with Crippen LogP contribution in [0.15, 0.2) is 42.5 Å². The molecule has 3 N–H and O–H groups in total. The van der Waals surface area contributed by atoms with Crippen LogP contribution in [0.4, 0.5) is 5.69 Å². The Labute approximate surface area is 195 Å². The van der Waals surface area contributed by atoms with Crippen molar-refractivity contribution in [2.45, 2.75) is 51.4 Å². The van der Waals surface area contributed by atoms with Crippen molar-refractivity contribution in [1.29, 1.82) is 0 Å². The zero-order valence-electron chi connectivity index (χ0n) is 19.3. The molecule has 3 aromatic rings. The molecule has 0 saturated heterocycles. The Hall–Kier alpha value is -3.28. The number of benzene rings is 2. The lowest BCUT2D eigenvalue weighted by atomic mass is 10.0. The molecule has 0 bridgehead atoms. The zero-order valence-corrected chi connectivity index (χ0v) is 19.3. The smallest absolute Gasteiger partial charge is 0.224 e. The number of methoxy groups -OCH3 is 1. The Morgan fingerprint density at radius 3 is 2.76 bits per heavy atom. The van der Waals surface area contributed by atoms with Gasteiger partial charge in [0.1, 0.15) is 0 Å². The van der Waals surface area contributed by atoms with E-state index in [-0.39, 0.29) is 18.1 Å². The molecule has 4 rings (SSSR count). The van der Waals surface area contributed by atoms with E-state index < -0.39 is 0 Å². The molecular weight excluding hydrogens is 414 g/mol. The maximum absolute atomic E-state index is 12.3. The molecule has 1 aliphatic rings. The van der Waals surface area contributed by atoms with Gasteiger partial charge in [-0.05, 0) is 67.9 Å². The highest BCUT2D eigenvalue weighted by atomic mass is 16.5. The van der Waals surface area contributed by atoms with E-state index in [4.69, 9.17) is 9.72 Å². The fraction of sp³-hybridized carbons (Fsp3) is 0.407. The van der Waals surface area contributed by atoms with E-state index >= 15 is 0 Å². The van der Waals surface area contributed by atoms with Gasteiger partial charge in [-0.15, -0.1) is 0 Å². The van der Waals surface area contributed by atoms with Crippen LogP contribution in [0.2, 0.25) is 0 Å². The highest BCUT2D eigenvalue weighted by Gasteiger charge is 2.16. The second-order valence-electron chi connectivity index (χ2n) is 8.66. The summed E-state index contributed by atoms with van der Waals surface area (Å²) in [6, 6.07) is 13.4. The van der Waals surface area contributed by atoms with Gasteiger partial charge in [-0.25, -0.2) is 0 Å². The van der Waals surface area contributed by atoms with Crippen LogP contribution in [0.5, 0.6) is 11.5 Å². The topological polar surface area (TPSA) is 83.5 Å². The van der Waals surface area contributed by atoms with Gasteiger partial charge in [0.05, 0.1) is 19.0 Å². The van der Waals surface area contributed by atoms with Gasteiger partial charge in [0.2, 0.25) is 5.91 Å². The third-order valence-corrected chi connectivity index (χ3v) is 6.26. The molecular formula is C27H33N3O3. The number of rotatable bonds is 9. The van der Waals surface area contributed by atoms with E-state index in [9.17, 15) is 9.90 Å². The van der Waals surface area contributed by atoms with Gasteiger partial charge in [0.25, 0.3) is 0 Å². The maximum atomic E-state index is 12.3. The summed E-state index contributed by atoms with van der Waals surface area (Å²) in [5.74, 6) is 0.432. The molecule has 1 amide bonds. The Morgan fingerprint density at radius 1 is 1.06 bits per heavy atom. The fourth-order valence-electron chi connectivity index (χ4n) is 4.52. The molecule has 1 heterocycles. The van der Waals surface area contributed by atoms with Crippen molar-refractivity contribution in [1.82, 2.24) is 10.3 Å². The average Bonchev–Trinajstić information content (AvgIpc) is 3.07. The van der Waals surface area contributed by atoms with Gasteiger partial charge in [-0.1, -0.05) is 30.7 Å².